The first kappa shape index (κ1) is 18.5. The number of hydrogen-bond acceptors (Lipinski definition) is 6. The van der Waals surface area contributed by atoms with E-state index in [1.54, 1.807) is 20.8 Å². The van der Waals surface area contributed by atoms with Crippen LogP contribution >= 0.6 is 0 Å². The number of nitrogens with one attached hydrogen (secondary N) is 1. The van der Waals surface area contributed by atoms with Gasteiger partial charge in [0.2, 0.25) is 0 Å². The molecule has 8 heteroatoms. The zero-order valence-electron chi connectivity index (χ0n) is 14.5. The van der Waals surface area contributed by atoms with E-state index in [-0.39, 0.29) is 23.6 Å². The van der Waals surface area contributed by atoms with E-state index >= 15 is 0 Å². The van der Waals surface area contributed by atoms with Crippen molar-refractivity contribution in [2.45, 2.75) is 51.2 Å². The second-order valence-corrected chi connectivity index (χ2v) is 7.07. The Kier molecular flexibility index (Phi) is 5.16. The van der Waals surface area contributed by atoms with Crippen molar-refractivity contribution < 1.29 is 19.2 Å². The molecule has 0 bridgehead atoms. The van der Waals surface area contributed by atoms with E-state index in [2.05, 4.69) is 5.32 Å². The van der Waals surface area contributed by atoms with E-state index in [0.29, 0.717) is 12.8 Å². The molecule has 0 unspecified atom stereocenters. The van der Waals surface area contributed by atoms with Gasteiger partial charge in [0.25, 0.3) is 5.69 Å². The van der Waals surface area contributed by atoms with Crippen LogP contribution in [0.3, 0.4) is 0 Å². The first-order valence-corrected chi connectivity index (χ1v) is 7.97. The van der Waals surface area contributed by atoms with Crippen LogP contribution in [0.25, 0.3) is 0 Å². The number of carbonyl (C=O) groups is 1. The number of amides is 1. The number of nitro groups is 1. The Morgan fingerprint density at radius 3 is 2.60 bits per heavy atom. The van der Waals surface area contributed by atoms with Gasteiger partial charge in [0.05, 0.1) is 10.5 Å². The van der Waals surface area contributed by atoms with Gasteiger partial charge in [0.15, 0.2) is 5.56 Å². The van der Waals surface area contributed by atoms with Crippen molar-refractivity contribution in [3.8, 4) is 11.8 Å². The van der Waals surface area contributed by atoms with Crippen molar-refractivity contribution in [1.29, 1.82) is 5.26 Å². The fourth-order valence-electron chi connectivity index (χ4n) is 2.55. The number of carbonyl (C=O) groups excluding carboxylic acids is 1. The molecular formula is C17H21N3O5. The van der Waals surface area contributed by atoms with Crippen LogP contribution in [-0.2, 0) is 4.74 Å². The number of alkyl carbamates (subject to hydrolysis) is 1. The number of hydrogen-bond donors (Lipinski definition) is 1. The monoisotopic (exact) mass is 347 g/mol. The van der Waals surface area contributed by atoms with Crippen LogP contribution in [0.15, 0.2) is 18.2 Å². The topological polar surface area (TPSA) is 114 Å². The van der Waals surface area contributed by atoms with E-state index in [1.807, 2.05) is 6.07 Å². The number of ether oxygens (including phenoxy) is 2. The summed E-state index contributed by atoms with van der Waals surface area (Å²) in [4.78, 5) is 22.4. The molecule has 0 radical (unpaired) electrons. The zero-order valence-corrected chi connectivity index (χ0v) is 14.5. The first-order valence-electron chi connectivity index (χ1n) is 7.97. The zero-order chi connectivity index (χ0) is 18.7. The summed E-state index contributed by atoms with van der Waals surface area (Å²) in [5, 5.41) is 23.0. The Hall–Kier alpha value is -2.82. The van der Waals surface area contributed by atoms with E-state index in [1.165, 1.54) is 18.2 Å². The minimum Gasteiger partial charge on any atom is -0.489 e. The largest absolute Gasteiger partial charge is 0.489 e. The summed E-state index contributed by atoms with van der Waals surface area (Å²) >= 11 is 0. The van der Waals surface area contributed by atoms with Crippen LogP contribution in [0.2, 0.25) is 0 Å². The van der Waals surface area contributed by atoms with Gasteiger partial charge in [-0.1, -0.05) is 6.07 Å². The van der Waals surface area contributed by atoms with E-state index in [4.69, 9.17) is 9.47 Å². The number of benzene rings is 1. The molecule has 0 saturated heterocycles. The Balaban J connectivity index is 2.09. The highest BCUT2D eigenvalue weighted by atomic mass is 16.6. The molecule has 8 nitrogen and oxygen atoms in total. The minimum absolute atomic E-state index is 0.113. The van der Waals surface area contributed by atoms with Gasteiger partial charge < -0.3 is 14.8 Å². The smallest absolute Gasteiger partial charge is 0.408 e. The minimum atomic E-state index is -0.622. The Morgan fingerprint density at radius 2 is 2.12 bits per heavy atom. The molecule has 1 aromatic rings. The van der Waals surface area contributed by atoms with Gasteiger partial charge in [-0.05, 0) is 46.1 Å². The van der Waals surface area contributed by atoms with E-state index < -0.39 is 22.2 Å². The molecule has 1 amide bonds. The van der Waals surface area contributed by atoms with Crippen molar-refractivity contribution in [1.82, 2.24) is 5.32 Å². The lowest BCUT2D eigenvalue weighted by Gasteiger charge is -2.42. The molecule has 1 N–H and O–H groups in total. The van der Waals surface area contributed by atoms with Crippen LogP contribution in [0, 0.1) is 21.4 Å². The van der Waals surface area contributed by atoms with Gasteiger partial charge in [0.1, 0.15) is 24.0 Å². The lowest BCUT2D eigenvalue weighted by molar-refractivity contribution is -0.385. The fourth-order valence-corrected chi connectivity index (χ4v) is 2.55. The summed E-state index contributed by atoms with van der Waals surface area (Å²) < 4.78 is 10.9. The predicted octanol–water partition coefficient (Wildman–Crippen LogP) is 3.29. The highest BCUT2D eigenvalue weighted by molar-refractivity contribution is 5.69. The average Bonchev–Trinajstić information content (AvgIpc) is 2.47. The summed E-state index contributed by atoms with van der Waals surface area (Å²) in [5.74, 6) is 0.133. The standard InChI is InChI=1S/C17H21N3O5/c1-16(2,3)25-15(21)19-17(8-5-9-17)11-24-14-7-4-6-13(20(22)23)12(14)10-18/h4,6-7H,5,8-9,11H2,1-3H3,(H,19,21). The average molecular weight is 347 g/mol. The SMILES string of the molecule is CC(C)(C)OC(=O)NC1(COc2cccc([N+](=O)[O-])c2C#N)CCC1. The Bertz CT molecular complexity index is 714. The van der Waals surface area contributed by atoms with Crippen LogP contribution in [0.4, 0.5) is 10.5 Å². The maximum Gasteiger partial charge on any atom is 0.408 e. The predicted molar refractivity (Wildman–Crippen MR) is 89.3 cm³/mol. The highest BCUT2D eigenvalue weighted by Crippen LogP contribution is 2.34. The van der Waals surface area contributed by atoms with Crippen molar-refractivity contribution in [3.63, 3.8) is 0 Å². The van der Waals surface area contributed by atoms with Gasteiger partial charge in [-0.15, -0.1) is 0 Å². The summed E-state index contributed by atoms with van der Waals surface area (Å²) in [7, 11) is 0. The van der Waals surface area contributed by atoms with Crippen LogP contribution in [0.1, 0.15) is 45.6 Å². The Labute approximate surface area is 145 Å². The Morgan fingerprint density at radius 1 is 1.44 bits per heavy atom. The first-order chi connectivity index (χ1) is 11.7. The molecule has 0 atom stereocenters. The lowest BCUT2D eigenvalue weighted by Crippen LogP contribution is -2.58. The quantitative estimate of drug-likeness (QED) is 0.645. The molecule has 1 aliphatic rings. The van der Waals surface area contributed by atoms with Crippen molar-refractivity contribution >= 4 is 11.8 Å². The molecule has 1 aliphatic carbocycles. The third kappa shape index (κ3) is 4.59. The molecule has 134 valence electrons. The molecule has 0 aromatic heterocycles. The summed E-state index contributed by atoms with van der Waals surface area (Å²) in [5.41, 5.74) is -1.62. The van der Waals surface area contributed by atoms with Crippen molar-refractivity contribution in [2.24, 2.45) is 0 Å². The molecule has 0 aliphatic heterocycles. The number of nitro benzene ring substituents is 1. The van der Waals surface area contributed by atoms with Crippen molar-refractivity contribution in [2.75, 3.05) is 6.61 Å². The van der Waals surface area contributed by atoms with Gasteiger partial charge >= 0.3 is 6.09 Å². The lowest BCUT2D eigenvalue weighted by atomic mass is 9.77. The maximum absolute atomic E-state index is 12.0. The molecule has 1 fully saturated rings. The van der Waals surface area contributed by atoms with Crippen molar-refractivity contribution in [3.05, 3.63) is 33.9 Å². The molecule has 1 saturated carbocycles. The van der Waals surface area contributed by atoms with Gasteiger partial charge in [0, 0.05) is 6.07 Å². The number of rotatable bonds is 5. The number of nitrogens with zero attached hydrogens (tertiary/aromatic N) is 2. The maximum atomic E-state index is 12.0. The third-order valence-electron chi connectivity index (χ3n) is 3.89. The van der Waals surface area contributed by atoms with E-state index in [0.717, 1.165) is 6.42 Å². The second kappa shape index (κ2) is 6.97. The summed E-state index contributed by atoms with van der Waals surface area (Å²) in [6.07, 6.45) is 1.82. The number of nitriles is 1. The third-order valence-corrected chi connectivity index (χ3v) is 3.89. The molecule has 0 spiro atoms. The summed E-state index contributed by atoms with van der Waals surface area (Å²) in [6, 6.07) is 6.03. The van der Waals surface area contributed by atoms with Gasteiger partial charge in [-0.2, -0.15) is 5.26 Å². The van der Waals surface area contributed by atoms with Gasteiger partial charge in [-0.25, -0.2) is 4.79 Å². The van der Waals surface area contributed by atoms with Gasteiger partial charge in [-0.3, -0.25) is 10.1 Å². The van der Waals surface area contributed by atoms with Crippen LogP contribution in [-0.4, -0.2) is 28.8 Å². The molecule has 0 heterocycles. The molecule has 2 rings (SSSR count). The molecular weight excluding hydrogens is 326 g/mol. The fraction of sp³-hybridized carbons (Fsp3) is 0.529. The second-order valence-electron chi connectivity index (χ2n) is 7.07. The van der Waals surface area contributed by atoms with Crippen LogP contribution < -0.4 is 10.1 Å². The molecule has 25 heavy (non-hydrogen) atoms. The summed E-state index contributed by atoms with van der Waals surface area (Å²) in [6.45, 7) is 5.44. The van der Waals surface area contributed by atoms with E-state index in [9.17, 15) is 20.2 Å². The van der Waals surface area contributed by atoms with Crippen LogP contribution in [0.5, 0.6) is 5.75 Å². The molecule has 1 aromatic carbocycles. The normalized spacial score (nSPS) is 15.4. The highest BCUT2D eigenvalue weighted by Gasteiger charge is 2.40.